The van der Waals surface area contributed by atoms with Gasteiger partial charge in [-0.1, -0.05) is 25.5 Å². The van der Waals surface area contributed by atoms with Crippen molar-refractivity contribution >= 4 is 0 Å². The minimum atomic E-state index is -5.47. The summed E-state index contributed by atoms with van der Waals surface area (Å²) in [5.74, 6) is -10.3. The van der Waals surface area contributed by atoms with Crippen LogP contribution < -0.4 is 4.74 Å². The molecule has 2 nitrogen and oxygen atoms in total. The molecule has 3 aromatic carbocycles. The number of halogens is 10. The zero-order valence-electron chi connectivity index (χ0n) is 20.1. The molecular weight excluding hydrogens is 546 g/mol. The van der Waals surface area contributed by atoms with Crippen LogP contribution in [0.2, 0.25) is 0 Å². The summed E-state index contributed by atoms with van der Waals surface area (Å²) in [6, 6.07) is 4.26. The lowest BCUT2D eigenvalue weighted by Crippen LogP contribution is -2.25. The van der Waals surface area contributed by atoms with E-state index in [4.69, 9.17) is 4.74 Å². The molecule has 0 spiro atoms. The van der Waals surface area contributed by atoms with Crippen LogP contribution in [0.4, 0.5) is 43.9 Å². The van der Waals surface area contributed by atoms with Gasteiger partial charge in [-0.25, -0.2) is 22.0 Å². The fourth-order valence-electron chi connectivity index (χ4n) is 4.44. The van der Waals surface area contributed by atoms with Crippen molar-refractivity contribution < 1.29 is 53.4 Å². The summed E-state index contributed by atoms with van der Waals surface area (Å²) in [7, 11) is 0. The highest BCUT2D eigenvalue weighted by Crippen LogP contribution is 2.41. The smallest absolute Gasteiger partial charge is 0.429 e. The average Bonchev–Trinajstić information content (AvgIpc) is 2.81. The van der Waals surface area contributed by atoms with E-state index in [1.807, 2.05) is 6.92 Å². The Morgan fingerprint density at radius 1 is 0.769 bits per heavy atom. The predicted molar refractivity (Wildman–Crippen MR) is 119 cm³/mol. The van der Waals surface area contributed by atoms with Crippen LogP contribution in [0.1, 0.15) is 49.0 Å². The summed E-state index contributed by atoms with van der Waals surface area (Å²) in [5.41, 5.74) is -4.59. The summed E-state index contributed by atoms with van der Waals surface area (Å²) < 4.78 is 149. The van der Waals surface area contributed by atoms with E-state index < -0.39 is 63.8 Å². The first-order valence-electron chi connectivity index (χ1n) is 11.7. The number of hydrogen-bond acceptors (Lipinski definition) is 2. The fraction of sp³-hybridized carbons (Fsp3) is 0.333. The molecule has 0 aromatic heterocycles. The standard InChI is InChI=1S/C27H20F10O2/c1-2-13-3-6-23(38-12-13)14-4-5-17(18(28)7-14)15-8-19(29)25(20(30)9-15)27(36,37)39-16-10-21(31)24(22(32)11-16)26(33,34)35/h4-5,7-11,13,23H,2-3,6,12H2,1H3. The third-order valence-electron chi connectivity index (χ3n) is 6.50. The topological polar surface area (TPSA) is 18.5 Å². The van der Waals surface area contributed by atoms with E-state index in [9.17, 15) is 43.9 Å². The van der Waals surface area contributed by atoms with Gasteiger partial charge in [-0.15, -0.1) is 0 Å². The first-order valence-corrected chi connectivity index (χ1v) is 11.7. The molecule has 12 heteroatoms. The van der Waals surface area contributed by atoms with Crippen LogP contribution in [0.3, 0.4) is 0 Å². The van der Waals surface area contributed by atoms with Crippen LogP contribution in [0.25, 0.3) is 11.1 Å². The van der Waals surface area contributed by atoms with Crippen molar-refractivity contribution in [3.05, 3.63) is 88.2 Å². The van der Waals surface area contributed by atoms with E-state index in [-0.39, 0.29) is 23.8 Å². The van der Waals surface area contributed by atoms with Crippen molar-refractivity contribution in [2.45, 2.75) is 44.6 Å². The summed E-state index contributed by atoms with van der Waals surface area (Å²) >= 11 is 0. The van der Waals surface area contributed by atoms with E-state index in [1.54, 1.807) is 0 Å². The number of rotatable bonds is 6. The fourth-order valence-corrected chi connectivity index (χ4v) is 4.44. The molecule has 2 unspecified atom stereocenters. The molecule has 3 aromatic rings. The Labute approximate surface area is 216 Å². The molecule has 0 saturated carbocycles. The van der Waals surface area contributed by atoms with Crippen LogP contribution in [-0.2, 0) is 17.0 Å². The zero-order chi connectivity index (χ0) is 28.7. The monoisotopic (exact) mass is 566 g/mol. The molecule has 1 saturated heterocycles. The first-order chi connectivity index (χ1) is 18.2. The van der Waals surface area contributed by atoms with Gasteiger partial charge in [0.15, 0.2) is 0 Å². The molecule has 0 radical (unpaired) electrons. The lowest BCUT2D eigenvalue weighted by atomic mass is 9.92. The maximum atomic E-state index is 14.9. The van der Waals surface area contributed by atoms with Gasteiger partial charge in [0.1, 0.15) is 46.0 Å². The molecular formula is C27H20F10O2. The molecule has 210 valence electrons. The lowest BCUT2D eigenvalue weighted by Gasteiger charge is -2.28. The molecule has 0 N–H and O–H groups in total. The molecule has 1 fully saturated rings. The number of hydrogen-bond donors (Lipinski definition) is 0. The number of benzene rings is 3. The van der Waals surface area contributed by atoms with Crippen LogP contribution in [0.15, 0.2) is 42.5 Å². The Hall–Kier alpha value is -3.28. The van der Waals surface area contributed by atoms with Crippen LogP contribution >= 0.6 is 0 Å². The normalized spacial score (nSPS) is 18.3. The quantitative estimate of drug-likeness (QED) is 0.277. The third-order valence-corrected chi connectivity index (χ3v) is 6.50. The lowest BCUT2D eigenvalue weighted by molar-refractivity contribution is -0.189. The second-order valence-corrected chi connectivity index (χ2v) is 9.11. The van der Waals surface area contributed by atoms with E-state index in [2.05, 4.69) is 4.74 Å². The second kappa shape index (κ2) is 10.7. The van der Waals surface area contributed by atoms with Crippen molar-refractivity contribution in [3.8, 4) is 16.9 Å². The predicted octanol–water partition coefficient (Wildman–Crippen LogP) is 9.07. The number of alkyl halides is 5. The van der Waals surface area contributed by atoms with Crippen molar-refractivity contribution in [1.29, 1.82) is 0 Å². The van der Waals surface area contributed by atoms with Gasteiger partial charge in [0, 0.05) is 17.7 Å². The van der Waals surface area contributed by atoms with Gasteiger partial charge in [-0.2, -0.15) is 22.0 Å². The van der Waals surface area contributed by atoms with Crippen LogP contribution in [0, 0.1) is 35.0 Å². The van der Waals surface area contributed by atoms with Crippen LogP contribution in [0.5, 0.6) is 5.75 Å². The van der Waals surface area contributed by atoms with Gasteiger partial charge < -0.3 is 9.47 Å². The Morgan fingerprint density at radius 2 is 1.36 bits per heavy atom. The average molecular weight is 566 g/mol. The SMILES string of the molecule is CCC1CCC(c2ccc(-c3cc(F)c(C(F)(F)Oc4cc(F)c(C(F)(F)F)c(F)c4)c(F)c3)c(F)c2)OC1. The molecule has 1 aliphatic heterocycles. The minimum absolute atomic E-state index is 0.195. The van der Waals surface area contributed by atoms with E-state index in [1.165, 1.54) is 12.1 Å². The largest absolute Gasteiger partial charge is 0.432 e. The number of ether oxygens (including phenoxy) is 2. The molecule has 0 bridgehead atoms. The molecule has 0 amide bonds. The molecule has 39 heavy (non-hydrogen) atoms. The molecule has 1 aliphatic rings. The van der Waals surface area contributed by atoms with E-state index in [0.29, 0.717) is 36.6 Å². The highest BCUT2D eigenvalue weighted by atomic mass is 19.4. The Balaban J connectivity index is 1.60. The second-order valence-electron chi connectivity index (χ2n) is 9.11. The van der Waals surface area contributed by atoms with Gasteiger partial charge in [-0.05, 0) is 48.1 Å². The molecule has 1 heterocycles. The molecule has 2 atom stereocenters. The molecule has 0 aliphatic carbocycles. The maximum Gasteiger partial charge on any atom is 0.432 e. The van der Waals surface area contributed by atoms with Gasteiger partial charge in [0.2, 0.25) is 0 Å². The third kappa shape index (κ3) is 6.00. The van der Waals surface area contributed by atoms with Crippen LogP contribution in [-0.4, -0.2) is 6.61 Å². The summed E-state index contributed by atoms with van der Waals surface area (Å²) in [6.45, 7) is 2.53. The van der Waals surface area contributed by atoms with Gasteiger partial charge in [0.05, 0.1) is 12.7 Å². The van der Waals surface area contributed by atoms with Crippen molar-refractivity contribution in [2.24, 2.45) is 5.92 Å². The minimum Gasteiger partial charge on any atom is -0.429 e. The Morgan fingerprint density at radius 3 is 1.85 bits per heavy atom. The summed E-state index contributed by atoms with van der Waals surface area (Å²) in [5, 5.41) is 0. The zero-order valence-corrected chi connectivity index (χ0v) is 20.1. The Bertz CT molecular complexity index is 1320. The Kier molecular flexibility index (Phi) is 7.89. The van der Waals surface area contributed by atoms with Crippen molar-refractivity contribution in [2.75, 3.05) is 6.61 Å². The maximum absolute atomic E-state index is 14.9. The van der Waals surface area contributed by atoms with Gasteiger partial charge in [-0.3, -0.25) is 0 Å². The van der Waals surface area contributed by atoms with E-state index in [0.717, 1.165) is 18.9 Å². The first kappa shape index (κ1) is 28.7. The van der Waals surface area contributed by atoms with Crippen molar-refractivity contribution in [1.82, 2.24) is 0 Å². The summed E-state index contributed by atoms with van der Waals surface area (Å²) in [6.07, 6.45) is -8.29. The van der Waals surface area contributed by atoms with Gasteiger partial charge >= 0.3 is 12.3 Å². The molecule has 4 rings (SSSR count). The van der Waals surface area contributed by atoms with E-state index >= 15 is 0 Å². The highest BCUT2D eigenvalue weighted by molar-refractivity contribution is 5.65. The van der Waals surface area contributed by atoms with Crippen molar-refractivity contribution in [3.63, 3.8) is 0 Å². The summed E-state index contributed by atoms with van der Waals surface area (Å²) in [4.78, 5) is 0. The van der Waals surface area contributed by atoms with Gasteiger partial charge in [0.25, 0.3) is 0 Å². The highest BCUT2D eigenvalue weighted by Gasteiger charge is 2.43.